The second kappa shape index (κ2) is 7.02. The summed E-state index contributed by atoms with van der Waals surface area (Å²) in [5, 5.41) is 9.51. The maximum atomic E-state index is 12.7. The van der Waals surface area contributed by atoms with Crippen LogP contribution in [0.4, 0.5) is 5.69 Å². The van der Waals surface area contributed by atoms with E-state index in [0.29, 0.717) is 11.0 Å². The van der Waals surface area contributed by atoms with Crippen molar-refractivity contribution in [1.82, 2.24) is 10.2 Å². The molecule has 0 spiro atoms. The Labute approximate surface area is 142 Å². The van der Waals surface area contributed by atoms with Gasteiger partial charge in [-0.1, -0.05) is 42.2 Å². The van der Waals surface area contributed by atoms with E-state index in [9.17, 15) is 4.79 Å². The predicted octanol–water partition coefficient (Wildman–Crippen LogP) is 3.86. The second-order valence-electron chi connectivity index (χ2n) is 5.11. The summed E-state index contributed by atoms with van der Waals surface area (Å²) in [5.41, 5.74) is 1.04. The zero-order chi connectivity index (χ0) is 15.5. The highest BCUT2D eigenvalue weighted by molar-refractivity contribution is 8.01. The Balaban J connectivity index is 1.74. The van der Waals surface area contributed by atoms with Crippen LogP contribution < -0.4 is 4.90 Å². The molecule has 2 aromatic rings. The van der Waals surface area contributed by atoms with E-state index in [2.05, 4.69) is 23.2 Å². The molecule has 1 aromatic heterocycles. The molecular weight excluding hydrogens is 334 g/mol. The Morgan fingerprint density at radius 3 is 3.00 bits per heavy atom. The van der Waals surface area contributed by atoms with Gasteiger partial charge in [-0.15, -0.1) is 22.0 Å². The summed E-state index contributed by atoms with van der Waals surface area (Å²) in [6, 6.07) is 8.17. The van der Waals surface area contributed by atoms with Crippen molar-refractivity contribution in [2.75, 3.05) is 17.2 Å². The summed E-state index contributed by atoms with van der Waals surface area (Å²) >= 11 is 4.86. The summed E-state index contributed by atoms with van der Waals surface area (Å²) in [6.07, 6.45) is 1.01. The lowest BCUT2D eigenvalue weighted by Crippen LogP contribution is -2.33. The van der Waals surface area contributed by atoms with Crippen molar-refractivity contribution >= 4 is 46.5 Å². The first-order valence-corrected chi connectivity index (χ1v) is 9.80. The highest BCUT2D eigenvalue weighted by Gasteiger charge is 2.24. The number of nitrogens with zero attached hydrogens (tertiary/aromatic N) is 3. The average Bonchev–Trinajstić information content (AvgIpc) is 2.84. The summed E-state index contributed by atoms with van der Waals surface area (Å²) in [6.45, 7) is 4.92. The normalized spacial score (nSPS) is 17.9. The fraction of sp³-hybridized carbons (Fsp3) is 0.400. The Kier molecular flexibility index (Phi) is 5.05. The molecule has 116 valence electrons. The van der Waals surface area contributed by atoms with Crippen molar-refractivity contribution in [2.24, 2.45) is 0 Å². The zero-order valence-corrected chi connectivity index (χ0v) is 14.9. The minimum absolute atomic E-state index is 0.139. The smallest absolute Gasteiger partial charge is 0.237 e. The molecule has 1 aromatic carbocycles. The van der Waals surface area contributed by atoms with E-state index in [1.807, 2.05) is 41.8 Å². The van der Waals surface area contributed by atoms with E-state index in [0.717, 1.165) is 28.0 Å². The minimum atomic E-state index is 0.139. The number of carbonyl (C=O) groups is 1. The lowest BCUT2D eigenvalue weighted by atomic mass is 10.2. The van der Waals surface area contributed by atoms with Gasteiger partial charge in [0.25, 0.3) is 0 Å². The topological polar surface area (TPSA) is 46.1 Å². The van der Waals surface area contributed by atoms with E-state index < -0.39 is 0 Å². The molecule has 22 heavy (non-hydrogen) atoms. The molecule has 2 heterocycles. The average molecular weight is 352 g/mol. The number of rotatable bonds is 3. The van der Waals surface area contributed by atoms with Crippen molar-refractivity contribution in [2.45, 2.75) is 34.8 Å². The molecule has 0 aliphatic carbocycles. The Bertz CT molecular complexity index is 674. The summed E-state index contributed by atoms with van der Waals surface area (Å²) < 4.78 is 0.858. The molecule has 3 rings (SSSR count). The largest absolute Gasteiger partial charge is 0.311 e. The fourth-order valence-corrected chi connectivity index (χ4v) is 5.09. The molecule has 0 saturated carbocycles. The molecule has 0 fully saturated rings. The predicted molar refractivity (Wildman–Crippen MR) is 94.1 cm³/mol. The van der Waals surface area contributed by atoms with E-state index in [4.69, 9.17) is 0 Å². The van der Waals surface area contributed by atoms with E-state index in [1.54, 1.807) is 0 Å². The summed E-state index contributed by atoms with van der Waals surface area (Å²) in [4.78, 5) is 15.8. The van der Waals surface area contributed by atoms with Crippen LogP contribution >= 0.6 is 34.9 Å². The van der Waals surface area contributed by atoms with Crippen LogP contribution in [0.25, 0.3) is 0 Å². The van der Waals surface area contributed by atoms with Crippen molar-refractivity contribution in [1.29, 1.82) is 0 Å². The van der Waals surface area contributed by atoms with Gasteiger partial charge < -0.3 is 4.90 Å². The van der Waals surface area contributed by atoms with Crippen LogP contribution in [-0.2, 0) is 4.79 Å². The first-order chi connectivity index (χ1) is 10.6. The number of para-hydroxylation sites is 1. The summed E-state index contributed by atoms with van der Waals surface area (Å²) in [5.74, 6) is 0.544. The molecule has 1 aliphatic rings. The molecular formula is C15H17N3OS3. The number of amides is 1. The number of aryl methyl sites for hydroxylation is 1. The maximum absolute atomic E-state index is 12.7. The summed E-state index contributed by atoms with van der Waals surface area (Å²) in [7, 11) is 0. The van der Waals surface area contributed by atoms with E-state index in [1.165, 1.54) is 28.0 Å². The highest BCUT2D eigenvalue weighted by atomic mass is 32.2. The van der Waals surface area contributed by atoms with Gasteiger partial charge in [-0.3, -0.25) is 4.79 Å². The molecule has 7 heteroatoms. The van der Waals surface area contributed by atoms with Gasteiger partial charge >= 0.3 is 0 Å². The lowest BCUT2D eigenvalue weighted by Gasteiger charge is -2.22. The molecule has 1 amide bonds. The van der Waals surface area contributed by atoms with E-state index in [-0.39, 0.29) is 5.91 Å². The van der Waals surface area contributed by atoms with Gasteiger partial charge in [-0.2, -0.15) is 0 Å². The molecule has 0 bridgehead atoms. The Morgan fingerprint density at radius 1 is 1.41 bits per heavy atom. The molecule has 1 aliphatic heterocycles. The van der Waals surface area contributed by atoms with Gasteiger partial charge in [0.1, 0.15) is 5.01 Å². The molecule has 4 nitrogen and oxygen atoms in total. The van der Waals surface area contributed by atoms with Crippen LogP contribution in [0.15, 0.2) is 33.5 Å². The van der Waals surface area contributed by atoms with Crippen molar-refractivity contribution in [3.8, 4) is 0 Å². The number of carbonyl (C=O) groups excluding carboxylic acids is 1. The quantitative estimate of drug-likeness (QED) is 0.786. The monoisotopic (exact) mass is 351 g/mol. The number of hydrogen-bond donors (Lipinski definition) is 0. The number of anilines is 1. The SMILES string of the molecule is Cc1nnc(SCC(=O)N2CCC(C)Sc3ccccc32)s1. The molecule has 1 atom stereocenters. The van der Waals surface area contributed by atoms with Crippen LogP contribution in [-0.4, -0.2) is 33.7 Å². The molecule has 0 radical (unpaired) electrons. The van der Waals surface area contributed by atoms with Gasteiger partial charge in [0.2, 0.25) is 5.91 Å². The van der Waals surface area contributed by atoms with Crippen molar-refractivity contribution < 1.29 is 4.79 Å². The number of benzene rings is 1. The van der Waals surface area contributed by atoms with Crippen LogP contribution in [0.5, 0.6) is 0 Å². The van der Waals surface area contributed by atoms with Gasteiger partial charge in [0.05, 0.1) is 11.4 Å². The number of aromatic nitrogens is 2. The fourth-order valence-electron chi connectivity index (χ4n) is 2.28. The Morgan fingerprint density at radius 2 is 2.23 bits per heavy atom. The number of thioether (sulfide) groups is 2. The van der Waals surface area contributed by atoms with Crippen molar-refractivity contribution in [3.63, 3.8) is 0 Å². The third-order valence-corrected chi connectivity index (χ3v) is 6.57. The standard InChI is InChI=1S/C15H17N3OS3/c1-10-7-8-18(12-5-3-4-6-13(12)21-10)14(19)9-20-15-17-16-11(2)22-15/h3-6,10H,7-9H2,1-2H3. The van der Waals surface area contributed by atoms with Crippen LogP contribution in [0.2, 0.25) is 0 Å². The zero-order valence-electron chi connectivity index (χ0n) is 12.5. The van der Waals surface area contributed by atoms with E-state index >= 15 is 0 Å². The first-order valence-electron chi connectivity index (χ1n) is 7.12. The third-order valence-electron chi connectivity index (χ3n) is 3.37. The number of hydrogen-bond acceptors (Lipinski definition) is 6. The molecule has 1 unspecified atom stereocenters. The third kappa shape index (κ3) is 3.64. The molecule has 0 saturated heterocycles. The maximum Gasteiger partial charge on any atom is 0.237 e. The lowest BCUT2D eigenvalue weighted by molar-refractivity contribution is -0.116. The first kappa shape index (κ1) is 15.8. The second-order valence-corrected chi connectivity index (χ2v) is 8.99. The highest BCUT2D eigenvalue weighted by Crippen LogP contribution is 2.37. The minimum Gasteiger partial charge on any atom is -0.311 e. The molecule has 0 N–H and O–H groups in total. The Hall–Kier alpha value is -1.05. The van der Waals surface area contributed by atoms with Gasteiger partial charge in [0, 0.05) is 16.7 Å². The van der Waals surface area contributed by atoms with Crippen LogP contribution in [0.1, 0.15) is 18.4 Å². The van der Waals surface area contributed by atoms with Crippen molar-refractivity contribution in [3.05, 3.63) is 29.3 Å². The van der Waals surface area contributed by atoms with Gasteiger partial charge in [0.15, 0.2) is 4.34 Å². The number of fused-ring (bicyclic) bond motifs is 1. The van der Waals surface area contributed by atoms with Crippen LogP contribution in [0, 0.1) is 6.92 Å². The van der Waals surface area contributed by atoms with Crippen LogP contribution in [0.3, 0.4) is 0 Å². The van der Waals surface area contributed by atoms with Gasteiger partial charge in [-0.25, -0.2) is 0 Å². The van der Waals surface area contributed by atoms with Gasteiger partial charge in [-0.05, 0) is 25.5 Å².